The van der Waals surface area contributed by atoms with Crippen LogP contribution in [-0.4, -0.2) is 27.9 Å². The molecule has 32 heavy (non-hydrogen) atoms. The number of H-pyrrole nitrogens is 1. The van der Waals surface area contributed by atoms with E-state index in [4.69, 9.17) is 11.6 Å². The number of carbonyl (C=O) groups excluding carboxylic acids is 2. The zero-order valence-corrected chi connectivity index (χ0v) is 18.1. The topological polar surface area (TPSA) is 94.2 Å². The minimum atomic E-state index is -0.888. The highest BCUT2D eigenvalue weighted by atomic mass is 35.5. The number of amides is 2. The van der Waals surface area contributed by atoms with Gasteiger partial charge < -0.3 is 20.7 Å². The lowest BCUT2D eigenvalue weighted by Gasteiger charge is -2.19. The van der Waals surface area contributed by atoms with Crippen molar-refractivity contribution in [2.75, 3.05) is 5.32 Å². The first kappa shape index (κ1) is 21.5. The molecule has 0 spiro atoms. The van der Waals surface area contributed by atoms with Gasteiger partial charge >= 0.3 is 0 Å². The van der Waals surface area contributed by atoms with Crippen molar-refractivity contribution in [1.82, 2.24) is 10.3 Å². The summed E-state index contributed by atoms with van der Waals surface area (Å²) in [6.45, 7) is 1.96. The first-order valence-corrected chi connectivity index (χ1v) is 10.5. The second kappa shape index (κ2) is 9.16. The molecular formula is C25H22ClN3O3. The van der Waals surface area contributed by atoms with E-state index in [1.807, 2.05) is 49.5 Å². The lowest BCUT2D eigenvalue weighted by Crippen LogP contribution is -2.45. The average Bonchev–Trinajstić information content (AvgIpc) is 3.19. The van der Waals surface area contributed by atoms with Gasteiger partial charge in [0, 0.05) is 34.2 Å². The van der Waals surface area contributed by atoms with Crippen LogP contribution < -0.4 is 10.6 Å². The van der Waals surface area contributed by atoms with Crippen molar-refractivity contribution < 1.29 is 14.7 Å². The van der Waals surface area contributed by atoms with Gasteiger partial charge in [0.05, 0.1) is 5.56 Å². The number of aromatic amines is 1. The van der Waals surface area contributed by atoms with E-state index in [1.54, 1.807) is 12.1 Å². The van der Waals surface area contributed by atoms with Crippen LogP contribution >= 0.6 is 11.6 Å². The first-order chi connectivity index (χ1) is 15.4. The highest BCUT2D eigenvalue weighted by Gasteiger charge is 2.24. The summed E-state index contributed by atoms with van der Waals surface area (Å²) in [5, 5.41) is 17.0. The van der Waals surface area contributed by atoms with E-state index in [0.29, 0.717) is 10.7 Å². The van der Waals surface area contributed by atoms with Crippen molar-refractivity contribution in [2.45, 2.75) is 19.4 Å². The number of phenols is 1. The molecule has 162 valence electrons. The second-order valence-corrected chi connectivity index (χ2v) is 8.04. The number of para-hydroxylation sites is 1. The number of halogens is 1. The molecule has 0 aliphatic rings. The number of aromatic nitrogens is 1. The Kier molecular flexibility index (Phi) is 6.14. The molecule has 1 heterocycles. The Hall–Kier alpha value is -3.77. The summed E-state index contributed by atoms with van der Waals surface area (Å²) in [5.74, 6) is -1.17. The summed E-state index contributed by atoms with van der Waals surface area (Å²) in [7, 11) is 0. The van der Waals surface area contributed by atoms with E-state index in [2.05, 4.69) is 15.6 Å². The summed E-state index contributed by atoms with van der Waals surface area (Å²) >= 11 is 5.99. The van der Waals surface area contributed by atoms with Crippen LogP contribution in [0.2, 0.25) is 5.02 Å². The zero-order chi connectivity index (χ0) is 22.7. The maximum absolute atomic E-state index is 13.2. The van der Waals surface area contributed by atoms with Crippen molar-refractivity contribution in [2.24, 2.45) is 0 Å². The zero-order valence-electron chi connectivity index (χ0n) is 17.4. The van der Waals surface area contributed by atoms with Gasteiger partial charge in [-0.15, -0.1) is 0 Å². The molecule has 1 aromatic heterocycles. The fourth-order valence-electron chi connectivity index (χ4n) is 3.52. The normalized spacial score (nSPS) is 11.8. The number of aromatic hydroxyl groups is 1. The largest absolute Gasteiger partial charge is 0.507 e. The summed E-state index contributed by atoms with van der Waals surface area (Å²) in [4.78, 5) is 29.2. The van der Waals surface area contributed by atoms with Crippen LogP contribution in [-0.2, 0) is 11.2 Å². The number of carbonyl (C=O) groups is 2. The van der Waals surface area contributed by atoms with Gasteiger partial charge in [-0.2, -0.15) is 0 Å². The van der Waals surface area contributed by atoms with E-state index >= 15 is 0 Å². The molecule has 2 amide bonds. The van der Waals surface area contributed by atoms with Crippen LogP contribution in [0.25, 0.3) is 10.9 Å². The van der Waals surface area contributed by atoms with E-state index in [-0.39, 0.29) is 23.6 Å². The molecule has 0 radical (unpaired) electrons. The summed E-state index contributed by atoms with van der Waals surface area (Å²) in [6, 6.07) is 18.5. The lowest BCUT2D eigenvalue weighted by molar-refractivity contribution is -0.118. The second-order valence-electron chi connectivity index (χ2n) is 7.61. The molecule has 0 bridgehead atoms. The molecule has 4 aromatic rings. The SMILES string of the molecule is Cc1ccc(NC(=O)[C@@H](Cc2c[nH]c3ccccc23)NC(=O)c2cc(Cl)ccc2O)cc1. The van der Waals surface area contributed by atoms with Crippen molar-refractivity contribution in [3.8, 4) is 5.75 Å². The Morgan fingerprint density at radius 3 is 2.59 bits per heavy atom. The summed E-state index contributed by atoms with van der Waals surface area (Å²) in [6.07, 6.45) is 2.09. The predicted molar refractivity (Wildman–Crippen MR) is 126 cm³/mol. The van der Waals surface area contributed by atoms with Gasteiger partial charge in [-0.1, -0.05) is 47.5 Å². The minimum Gasteiger partial charge on any atom is -0.507 e. The van der Waals surface area contributed by atoms with Gasteiger partial charge in [-0.05, 0) is 48.9 Å². The van der Waals surface area contributed by atoms with E-state index < -0.39 is 11.9 Å². The van der Waals surface area contributed by atoms with Gasteiger partial charge in [0.1, 0.15) is 11.8 Å². The van der Waals surface area contributed by atoms with Crippen molar-refractivity contribution >= 4 is 40.0 Å². The number of phenolic OH excluding ortho intramolecular Hbond substituents is 1. The molecule has 1 atom stereocenters. The number of nitrogens with one attached hydrogen (secondary N) is 3. The Balaban J connectivity index is 1.62. The Morgan fingerprint density at radius 1 is 1.06 bits per heavy atom. The predicted octanol–water partition coefficient (Wildman–Crippen LogP) is 4.82. The van der Waals surface area contributed by atoms with Gasteiger partial charge in [-0.25, -0.2) is 0 Å². The number of benzene rings is 3. The number of anilines is 1. The van der Waals surface area contributed by atoms with Crippen LogP contribution in [0.15, 0.2) is 72.9 Å². The molecular weight excluding hydrogens is 426 g/mol. The molecule has 3 aromatic carbocycles. The third kappa shape index (κ3) is 4.76. The fourth-order valence-corrected chi connectivity index (χ4v) is 3.69. The Bertz CT molecular complexity index is 1280. The van der Waals surface area contributed by atoms with Gasteiger partial charge in [0.25, 0.3) is 5.91 Å². The molecule has 7 heteroatoms. The molecule has 4 rings (SSSR count). The highest BCUT2D eigenvalue weighted by Crippen LogP contribution is 2.23. The van der Waals surface area contributed by atoms with Gasteiger partial charge in [0.2, 0.25) is 5.91 Å². The summed E-state index contributed by atoms with van der Waals surface area (Å²) in [5.41, 5.74) is 3.54. The van der Waals surface area contributed by atoms with Crippen molar-refractivity contribution in [1.29, 1.82) is 0 Å². The van der Waals surface area contributed by atoms with Crippen LogP contribution in [0.3, 0.4) is 0 Å². The van der Waals surface area contributed by atoms with Crippen LogP contribution in [0.5, 0.6) is 5.75 Å². The molecule has 0 fully saturated rings. The summed E-state index contributed by atoms with van der Waals surface area (Å²) < 4.78 is 0. The van der Waals surface area contributed by atoms with Crippen LogP contribution in [0.1, 0.15) is 21.5 Å². The molecule has 0 aliphatic heterocycles. The van der Waals surface area contributed by atoms with Crippen LogP contribution in [0.4, 0.5) is 5.69 Å². The maximum Gasteiger partial charge on any atom is 0.255 e. The van der Waals surface area contributed by atoms with Gasteiger partial charge in [0.15, 0.2) is 0 Å². The fraction of sp³-hybridized carbons (Fsp3) is 0.120. The molecule has 0 saturated heterocycles. The molecule has 0 aliphatic carbocycles. The monoisotopic (exact) mass is 447 g/mol. The number of hydrogen-bond donors (Lipinski definition) is 4. The van der Waals surface area contributed by atoms with E-state index in [1.165, 1.54) is 18.2 Å². The molecule has 0 unspecified atom stereocenters. The number of aryl methyl sites for hydroxylation is 1. The Labute approximate surface area is 190 Å². The number of fused-ring (bicyclic) bond motifs is 1. The standard InChI is InChI=1S/C25H22ClN3O3/c1-15-6-9-18(10-7-15)28-25(32)22(12-16-14-27-21-5-3-2-4-19(16)21)29-24(31)20-13-17(26)8-11-23(20)30/h2-11,13-14,22,27,30H,12H2,1H3,(H,28,32)(H,29,31)/t22-/m1/s1. The number of rotatable bonds is 6. The minimum absolute atomic E-state index is 0.00422. The molecule has 6 nitrogen and oxygen atoms in total. The van der Waals surface area contributed by atoms with Crippen molar-refractivity contribution in [3.63, 3.8) is 0 Å². The maximum atomic E-state index is 13.2. The average molecular weight is 448 g/mol. The van der Waals surface area contributed by atoms with E-state index in [9.17, 15) is 14.7 Å². The third-order valence-electron chi connectivity index (χ3n) is 5.24. The van der Waals surface area contributed by atoms with Crippen molar-refractivity contribution in [3.05, 3.63) is 94.6 Å². The highest BCUT2D eigenvalue weighted by molar-refractivity contribution is 6.31. The third-order valence-corrected chi connectivity index (χ3v) is 5.48. The first-order valence-electron chi connectivity index (χ1n) is 10.1. The van der Waals surface area contributed by atoms with Crippen LogP contribution in [0, 0.1) is 6.92 Å². The smallest absolute Gasteiger partial charge is 0.255 e. The Morgan fingerprint density at radius 2 is 1.81 bits per heavy atom. The number of hydrogen-bond acceptors (Lipinski definition) is 3. The van der Waals surface area contributed by atoms with E-state index in [0.717, 1.165) is 22.0 Å². The molecule has 0 saturated carbocycles. The lowest BCUT2D eigenvalue weighted by atomic mass is 10.0. The van der Waals surface area contributed by atoms with Gasteiger partial charge in [-0.3, -0.25) is 9.59 Å². The molecule has 4 N–H and O–H groups in total. The quantitative estimate of drug-likeness (QED) is 0.341.